The Morgan fingerprint density at radius 1 is 1.03 bits per heavy atom. The van der Waals surface area contributed by atoms with Crippen molar-refractivity contribution in [3.05, 3.63) is 94.4 Å². The molecular formula is C31H30N4O4. The Bertz CT molecular complexity index is 1610. The number of piperidine rings is 3. The van der Waals surface area contributed by atoms with Gasteiger partial charge in [0.2, 0.25) is 0 Å². The van der Waals surface area contributed by atoms with Crippen LogP contribution in [0.25, 0.3) is 28.2 Å². The van der Waals surface area contributed by atoms with Crippen LogP contribution in [-0.2, 0) is 6.54 Å². The summed E-state index contributed by atoms with van der Waals surface area (Å²) in [6, 6.07) is 20.8. The third-order valence-electron chi connectivity index (χ3n) is 8.06. The summed E-state index contributed by atoms with van der Waals surface area (Å²) in [5.74, 6) is 0.349. The normalized spacial score (nSPS) is 20.5. The molecule has 0 aliphatic carbocycles. The maximum Gasteiger partial charge on any atom is 0.412 e. The van der Waals surface area contributed by atoms with E-state index in [0.29, 0.717) is 29.2 Å². The van der Waals surface area contributed by atoms with Crippen LogP contribution in [0.15, 0.2) is 77.6 Å². The number of carbonyl (C=O) groups excluding carboxylic acids is 1. The van der Waals surface area contributed by atoms with E-state index in [-0.39, 0.29) is 11.7 Å². The zero-order valence-electron chi connectivity index (χ0n) is 21.5. The Kier molecular flexibility index (Phi) is 6.62. The zero-order chi connectivity index (χ0) is 26.9. The van der Waals surface area contributed by atoms with E-state index < -0.39 is 6.09 Å². The maximum absolute atomic E-state index is 12.8. The molecule has 7 rings (SSSR count). The lowest BCUT2D eigenvalue weighted by Gasteiger charge is -2.48. The van der Waals surface area contributed by atoms with Crippen LogP contribution in [0.1, 0.15) is 28.8 Å². The van der Waals surface area contributed by atoms with Gasteiger partial charge >= 0.3 is 11.8 Å². The van der Waals surface area contributed by atoms with E-state index in [0.717, 1.165) is 61.0 Å². The molecule has 198 valence electrons. The summed E-state index contributed by atoms with van der Waals surface area (Å²) in [7, 11) is 0. The summed E-state index contributed by atoms with van der Waals surface area (Å²) in [5.41, 5.74) is 4.96. The lowest BCUT2D eigenvalue weighted by molar-refractivity contribution is 0.0838. The molecule has 39 heavy (non-hydrogen) atoms. The molecule has 4 aromatic rings. The first-order valence-electron chi connectivity index (χ1n) is 13.3. The first-order chi connectivity index (χ1) is 19.0. The molecule has 1 amide bonds. The van der Waals surface area contributed by atoms with Gasteiger partial charge in [-0.2, -0.15) is 0 Å². The highest BCUT2D eigenvalue weighted by Crippen LogP contribution is 2.38. The van der Waals surface area contributed by atoms with E-state index in [1.807, 2.05) is 60.7 Å². The summed E-state index contributed by atoms with van der Waals surface area (Å²) in [4.78, 5) is 43.2. The molecule has 0 spiro atoms. The number of aromatic amines is 1. The Labute approximate surface area is 225 Å². The van der Waals surface area contributed by atoms with Crippen LogP contribution in [0.3, 0.4) is 0 Å². The predicted molar refractivity (Wildman–Crippen MR) is 152 cm³/mol. The van der Waals surface area contributed by atoms with E-state index in [9.17, 15) is 19.5 Å². The second-order valence-electron chi connectivity index (χ2n) is 10.3. The van der Waals surface area contributed by atoms with Crippen LogP contribution in [0, 0.1) is 5.92 Å². The summed E-state index contributed by atoms with van der Waals surface area (Å²) in [6.45, 7) is 3.15. The molecule has 1 atom stereocenters. The van der Waals surface area contributed by atoms with Gasteiger partial charge in [0.1, 0.15) is 6.29 Å². The first-order valence-corrected chi connectivity index (χ1v) is 13.3. The molecule has 3 aromatic carbocycles. The average Bonchev–Trinajstić information content (AvgIpc) is 3.28. The number of rotatable bonds is 7. The number of allylic oxidation sites excluding steroid dienone is 1. The SMILES string of the molecule is O=Cc1ccc2c(c1)[nH]c(=O)n2CC=Cc1ccc(-c2ccccc2)c(N(C(=O)O)C2CN3CCC2CC3)c1. The number of hydrogen-bond donors (Lipinski definition) is 2. The number of benzene rings is 3. The number of carbonyl (C=O) groups is 2. The highest BCUT2D eigenvalue weighted by molar-refractivity contribution is 5.94. The number of nitrogens with zero attached hydrogens (tertiary/aromatic N) is 3. The Hall–Kier alpha value is -4.43. The van der Waals surface area contributed by atoms with Crippen LogP contribution in [0.5, 0.6) is 0 Å². The molecule has 3 aliphatic rings. The number of amides is 1. The quantitative estimate of drug-likeness (QED) is 0.329. The van der Waals surface area contributed by atoms with Crippen molar-refractivity contribution in [3.63, 3.8) is 0 Å². The van der Waals surface area contributed by atoms with Crippen molar-refractivity contribution in [1.29, 1.82) is 0 Å². The van der Waals surface area contributed by atoms with E-state index in [4.69, 9.17) is 0 Å². The molecule has 4 heterocycles. The predicted octanol–water partition coefficient (Wildman–Crippen LogP) is 5.10. The summed E-state index contributed by atoms with van der Waals surface area (Å²) in [5, 5.41) is 10.5. The van der Waals surface area contributed by atoms with Crippen molar-refractivity contribution < 1.29 is 14.7 Å². The molecule has 2 bridgehead atoms. The van der Waals surface area contributed by atoms with Crippen molar-refractivity contribution in [2.75, 3.05) is 24.5 Å². The van der Waals surface area contributed by atoms with Gasteiger partial charge in [-0.25, -0.2) is 9.59 Å². The lowest BCUT2D eigenvalue weighted by Crippen LogP contribution is -2.59. The standard InChI is InChI=1S/C31H30N4O4/c36-20-22-9-11-27-26(17-22)32-30(37)34(27)14-4-5-21-8-10-25(23-6-2-1-3-7-23)28(18-21)35(31(38)39)29-19-33-15-12-24(29)13-16-33/h1-11,17-18,20,24,29H,12-16,19H2,(H,32,37)(H,38,39). The molecule has 3 fully saturated rings. The van der Waals surface area contributed by atoms with Crippen LogP contribution >= 0.6 is 0 Å². The van der Waals surface area contributed by atoms with E-state index in [1.165, 1.54) is 0 Å². The van der Waals surface area contributed by atoms with Crippen molar-refractivity contribution in [2.45, 2.75) is 25.4 Å². The average molecular weight is 523 g/mol. The van der Waals surface area contributed by atoms with Gasteiger partial charge in [0, 0.05) is 24.2 Å². The molecule has 8 heteroatoms. The van der Waals surface area contributed by atoms with Crippen LogP contribution in [0.2, 0.25) is 0 Å². The third kappa shape index (κ3) is 4.79. The van der Waals surface area contributed by atoms with E-state index >= 15 is 0 Å². The molecule has 1 unspecified atom stereocenters. The van der Waals surface area contributed by atoms with Gasteiger partial charge in [0.05, 0.1) is 22.8 Å². The van der Waals surface area contributed by atoms with Gasteiger partial charge in [0.25, 0.3) is 0 Å². The van der Waals surface area contributed by atoms with Crippen LogP contribution < -0.4 is 10.6 Å². The summed E-state index contributed by atoms with van der Waals surface area (Å²) in [6.07, 6.45) is 5.66. The minimum absolute atomic E-state index is 0.0901. The van der Waals surface area contributed by atoms with Gasteiger partial charge in [-0.3, -0.25) is 14.3 Å². The molecule has 2 N–H and O–H groups in total. The topological polar surface area (TPSA) is 98.6 Å². The summed E-state index contributed by atoms with van der Waals surface area (Å²) >= 11 is 0. The molecule has 3 saturated heterocycles. The minimum Gasteiger partial charge on any atom is -0.465 e. The highest BCUT2D eigenvalue weighted by atomic mass is 16.4. The van der Waals surface area contributed by atoms with Crippen molar-refractivity contribution >= 4 is 35.2 Å². The van der Waals surface area contributed by atoms with Crippen LogP contribution in [-0.4, -0.2) is 57.6 Å². The van der Waals surface area contributed by atoms with Crippen molar-refractivity contribution in [3.8, 4) is 11.1 Å². The number of fused-ring (bicyclic) bond motifs is 4. The fourth-order valence-corrected chi connectivity index (χ4v) is 6.09. The smallest absolute Gasteiger partial charge is 0.412 e. The fourth-order valence-electron chi connectivity index (χ4n) is 6.09. The van der Waals surface area contributed by atoms with Gasteiger partial charge in [-0.05, 0) is 67.2 Å². The molecule has 3 aliphatic heterocycles. The van der Waals surface area contributed by atoms with Gasteiger partial charge in [-0.15, -0.1) is 0 Å². The van der Waals surface area contributed by atoms with Gasteiger partial charge < -0.3 is 15.0 Å². The second kappa shape index (κ2) is 10.4. The number of nitrogens with one attached hydrogen (secondary N) is 1. The third-order valence-corrected chi connectivity index (χ3v) is 8.06. The number of imidazole rings is 1. The minimum atomic E-state index is -0.938. The number of carboxylic acid groups (broad SMARTS) is 1. The molecule has 8 nitrogen and oxygen atoms in total. The summed E-state index contributed by atoms with van der Waals surface area (Å²) < 4.78 is 1.61. The largest absolute Gasteiger partial charge is 0.465 e. The number of H-pyrrole nitrogens is 1. The molecular weight excluding hydrogens is 492 g/mol. The molecule has 0 radical (unpaired) electrons. The Morgan fingerprint density at radius 2 is 1.79 bits per heavy atom. The zero-order valence-corrected chi connectivity index (χ0v) is 21.5. The van der Waals surface area contributed by atoms with Gasteiger partial charge in [0.15, 0.2) is 0 Å². The molecule has 1 aromatic heterocycles. The van der Waals surface area contributed by atoms with Crippen molar-refractivity contribution in [2.24, 2.45) is 5.92 Å². The molecule has 0 saturated carbocycles. The van der Waals surface area contributed by atoms with Crippen LogP contribution in [0.4, 0.5) is 10.5 Å². The Morgan fingerprint density at radius 3 is 2.49 bits per heavy atom. The Balaban J connectivity index is 1.35. The van der Waals surface area contributed by atoms with Crippen molar-refractivity contribution in [1.82, 2.24) is 14.5 Å². The fraction of sp³-hybridized carbons (Fsp3) is 0.258. The lowest BCUT2D eigenvalue weighted by atomic mass is 9.82. The first kappa shape index (κ1) is 24.9. The van der Waals surface area contributed by atoms with E-state index in [1.54, 1.807) is 27.7 Å². The second-order valence-corrected chi connectivity index (χ2v) is 10.3. The number of anilines is 1. The highest BCUT2D eigenvalue weighted by Gasteiger charge is 2.40. The number of aldehydes is 1. The number of hydrogen-bond acceptors (Lipinski definition) is 4. The van der Waals surface area contributed by atoms with Gasteiger partial charge in [-0.1, -0.05) is 54.6 Å². The van der Waals surface area contributed by atoms with E-state index in [2.05, 4.69) is 9.88 Å². The monoisotopic (exact) mass is 522 g/mol. The number of aromatic nitrogens is 2. The maximum atomic E-state index is 12.8.